The van der Waals surface area contributed by atoms with E-state index in [0.717, 1.165) is 23.3 Å². The number of fused-ring (bicyclic) bond motifs is 1. The number of hydrogen-bond acceptors (Lipinski definition) is 3. The largest absolute Gasteiger partial charge is 0.317 e. The summed E-state index contributed by atoms with van der Waals surface area (Å²) in [7, 11) is 2.34. The highest BCUT2D eigenvalue weighted by Gasteiger charge is 2.54. The summed E-state index contributed by atoms with van der Waals surface area (Å²) in [5.41, 5.74) is 0.769. The molecule has 3 nitrogen and oxygen atoms in total. The van der Waals surface area contributed by atoms with E-state index in [1.807, 2.05) is 0 Å². The molecule has 0 aromatic heterocycles. The molecule has 3 unspecified atom stereocenters. The Balaban J connectivity index is 1.31. The molecule has 3 aliphatic heterocycles. The van der Waals surface area contributed by atoms with Gasteiger partial charge >= 0.3 is 0 Å². The standard InChI is InChI=1S/C17H31N3/c1-19-9-2-3-14-12-20(10-4-16(14)19)13-15-11-17(15)5-7-18-8-6-17/h14-16,18H,2-13H2,1H3. The first-order valence-electron chi connectivity index (χ1n) is 8.90. The van der Waals surface area contributed by atoms with Crippen LogP contribution in [-0.2, 0) is 0 Å². The Hall–Kier alpha value is -0.120. The van der Waals surface area contributed by atoms with E-state index >= 15 is 0 Å². The first-order valence-corrected chi connectivity index (χ1v) is 8.90. The molecule has 1 saturated carbocycles. The van der Waals surface area contributed by atoms with Gasteiger partial charge in [-0.2, -0.15) is 0 Å². The second-order valence-electron chi connectivity index (χ2n) is 8.01. The monoisotopic (exact) mass is 277 g/mol. The summed E-state index contributed by atoms with van der Waals surface area (Å²) in [5, 5.41) is 3.53. The van der Waals surface area contributed by atoms with E-state index in [1.165, 1.54) is 77.8 Å². The Morgan fingerprint density at radius 1 is 1.15 bits per heavy atom. The lowest BCUT2D eigenvalue weighted by Crippen LogP contribution is -2.53. The van der Waals surface area contributed by atoms with E-state index in [2.05, 4.69) is 22.2 Å². The summed E-state index contributed by atoms with van der Waals surface area (Å²) in [6, 6.07) is 0.895. The quantitative estimate of drug-likeness (QED) is 0.830. The van der Waals surface area contributed by atoms with Crippen LogP contribution < -0.4 is 5.32 Å². The van der Waals surface area contributed by atoms with E-state index < -0.39 is 0 Å². The number of nitrogens with zero attached hydrogens (tertiary/aromatic N) is 2. The molecule has 0 aromatic rings. The third-order valence-corrected chi connectivity index (χ3v) is 6.87. The molecule has 4 aliphatic rings. The molecule has 1 aliphatic carbocycles. The summed E-state index contributed by atoms with van der Waals surface area (Å²) in [5.74, 6) is 1.99. The highest BCUT2D eigenvalue weighted by atomic mass is 15.2. The van der Waals surface area contributed by atoms with Gasteiger partial charge in [0.25, 0.3) is 0 Å². The number of likely N-dealkylation sites (tertiary alicyclic amines) is 2. The van der Waals surface area contributed by atoms with Crippen molar-refractivity contribution in [3.8, 4) is 0 Å². The Labute approximate surface area is 124 Å². The van der Waals surface area contributed by atoms with Crippen molar-refractivity contribution in [1.82, 2.24) is 15.1 Å². The molecule has 4 rings (SSSR count). The molecule has 114 valence electrons. The summed E-state index contributed by atoms with van der Waals surface area (Å²) in [6.45, 7) is 8.03. The molecular weight excluding hydrogens is 246 g/mol. The molecular formula is C17H31N3. The minimum atomic E-state index is 0.769. The van der Waals surface area contributed by atoms with Crippen LogP contribution in [0.25, 0.3) is 0 Å². The predicted molar refractivity (Wildman–Crippen MR) is 82.8 cm³/mol. The van der Waals surface area contributed by atoms with Crippen molar-refractivity contribution in [1.29, 1.82) is 0 Å². The molecule has 20 heavy (non-hydrogen) atoms. The zero-order valence-corrected chi connectivity index (χ0v) is 13.1. The van der Waals surface area contributed by atoms with Gasteiger partial charge in [0.05, 0.1) is 0 Å². The molecule has 0 bridgehead atoms. The minimum Gasteiger partial charge on any atom is -0.317 e. The van der Waals surface area contributed by atoms with Gasteiger partial charge in [-0.15, -0.1) is 0 Å². The van der Waals surface area contributed by atoms with Crippen molar-refractivity contribution in [2.24, 2.45) is 17.3 Å². The van der Waals surface area contributed by atoms with Gasteiger partial charge in [0.1, 0.15) is 0 Å². The zero-order chi connectivity index (χ0) is 13.6. The van der Waals surface area contributed by atoms with Gasteiger partial charge < -0.3 is 15.1 Å². The fraction of sp³-hybridized carbons (Fsp3) is 1.00. The zero-order valence-electron chi connectivity index (χ0n) is 13.1. The topological polar surface area (TPSA) is 18.5 Å². The fourth-order valence-electron chi connectivity index (χ4n) is 5.43. The lowest BCUT2D eigenvalue weighted by atomic mass is 9.84. The van der Waals surface area contributed by atoms with Gasteiger partial charge in [-0.05, 0) is 89.0 Å². The second kappa shape index (κ2) is 5.26. The van der Waals surface area contributed by atoms with Gasteiger partial charge in [0.15, 0.2) is 0 Å². The molecule has 3 atom stereocenters. The Morgan fingerprint density at radius 3 is 2.85 bits per heavy atom. The van der Waals surface area contributed by atoms with Crippen molar-refractivity contribution in [2.75, 3.05) is 46.3 Å². The third kappa shape index (κ3) is 2.42. The molecule has 3 heteroatoms. The van der Waals surface area contributed by atoms with Crippen molar-refractivity contribution in [2.45, 2.75) is 44.6 Å². The van der Waals surface area contributed by atoms with Crippen molar-refractivity contribution < 1.29 is 0 Å². The molecule has 1 N–H and O–H groups in total. The van der Waals surface area contributed by atoms with Crippen molar-refractivity contribution in [3.63, 3.8) is 0 Å². The van der Waals surface area contributed by atoms with Gasteiger partial charge in [0, 0.05) is 19.1 Å². The maximum Gasteiger partial charge on any atom is 0.0145 e. The summed E-state index contributed by atoms with van der Waals surface area (Å²) in [6.07, 6.45) is 8.73. The first kappa shape index (κ1) is 13.5. The lowest BCUT2D eigenvalue weighted by molar-refractivity contribution is 0.0347. The molecule has 0 amide bonds. The number of piperidine rings is 3. The van der Waals surface area contributed by atoms with Crippen LogP contribution >= 0.6 is 0 Å². The molecule has 3 heterocycles. The smallest absolute Gasteiger partial charge is 0.0145 e. The molecule has 0 aromatic carbocycles. The normalized spacial score (nSPS) is 41.5. The van der Waals surface area contributed by atoms with E-state index in [1.54, 1.807) is 0 Å². The average molecular weight is 277 g/mol. The van der Waals surface area contributed by atoms with Crippen molar-refractivity contribution >= 4 is 0 Å². The van der Waals surface area contributed by atoms with Crippen LogP contribution in [0.3, 0.4) is 0 Å². The Kier molecular flexibility index (Phi) is 3.56. The van der Waals surface area contributed by atoms with Gasteiger partial charge in [-0.25, -0.2) is 0 Å². The van der Waals surface area contributed by atoms with E-state index in [0.29, 0.717) is 0 Å². The fourth-order valence-corrected chi connectivity index (χ4v) is 5.43. The third-order valence-electron chi connectivity index (χ3n) is 6.87. The minimum absolute atomic E-state index is 0.769. The van der Waals surface area contributed by atoms with Gasteiger partial charge in [-0.1, -0.05) is 0 Å². The molecule has 0 radical (unpaired) electrons. The Bertz CT molecular complexity index is 350. The van der Waals surface area contributed by atoms with Gasteiger partial charge in [-0.3, -0.25) is 0 Å². The molecule has 3 saturated heterocycles. The van der Waals surface area contributed by atoms with Crippen molar-refractivity contribution in [3.05, 3.63) is 0 Å². The van der Waals surface area contributed by atoms with Crippen LogP contribution in [0.2, 0.25) is 0 Å². The predicted octanol–water partition coefficient (Wildman–Crippen LogP) is 1.79. The summed E-state index contributed by atoms with van der Waals surface area (Å²) in [4.78, 5) is 5.46. The van der Waals surface area contributed by atoms with Gasteiger partial charge in [0.2, 0.25) is 0 Å². The number of hydrogen-bond donors (Lipinski definition) is 1. The van der Waals surface area contributed by atoms with Crippen LogP contribution in [-0.4, -0.2) is 62.2 Å². The van der Waals surface area contributed by atoms with Crippen LogP contribution in [0.1, 0.15) is 38.5 Å². The first-order chi connectivity index (χ1) is 9.77. The van der Waals surface area contributed by atoms with Crippen LogP contribution in [0.15, 0.2) is 0 Å². The average Bonchev–Trinajstić information content (AvgIpc) is 3.11. The van der Waals surface area contributed by atoms with Crippen LogP contribution in [0.4, 0.5) is 0 Å². The lowest BCUT2D eigenvalue weighted by Gasteiger charge is -2.46. The van der Waals surface area contributed by atoms with E-state index in [4.69, 9.17) is 0 Å². The molecule has 1 spiro atoms. The van der Waals surface area contributed by atoms with E-state index in [-0.39, 0.29) is 0 Å². The SMILES string of the molecule is CN1CCCC2CN(CC3CC34CCNCC4)CCC21. The Morgan fingerprint density at radius 2 is 2.00 bits per heavy atom. The van der Waals surface area contributed by atoms with Crippen LogP contribution in [0.5, 0.6) is 0 Å². The number of nitrogens with one attached hydrogen (secondary N) is 1. The highest BCUT2D eigenvalue weighted by Crippen LogP contribution is 2.58. The second-order valence-corrected chi connectivity index (χ2v) is 8.01. The van der Waals surface area contributed by atoms with Crippen LogP contribution in [0, 0.1) is 17.3 Å². The summed E-state index contributed by atoms with van der Waals surface area (Å²) >= 11 is 0. The molecule has 4 fully saturated rings. The summed E-state index contributed by atoms with van der Waals surface area (Å²) < 4.78 is 0. The highest BCUT2D eigenvalue weighted by molar-refractivity contribution is 5.06. The maximum absolute atomic E-state index is 3.53. The maximum atomic E-state index is 3.53. The number of rotatable bonds is 2. The van der Waals surface area contributed by atoms with E-state index in [9.17, 15) is 0 Å².